The van der Waals surface area contributed by atoms with Crippen LogP contribution in [-0.2, 0) is 0 Å². The smallest absolute Gasteiger partial charge is 0.137 e. The molecule has 700 valence electrons. The molecule has 25 aromatic carbocycles. The summed E-state index contributed by atoms with van der Waals surface area (Å²) >= 11 is 0. The molecule has 0 radical (unpaired) electrons. The monoisotopic (exact) mass is 1900 g/mol. The molecule has 0 saturated heterocycles. The number of rotatable bonds is 17. The summed E-state index contributed by atoms with van der Waals surface area (Å²) in [4.78, 5) is 7.16. The molecule has 0 amide bonds. The highest BCUT2D eigenvalue weighted by Crippen LogP contribution is 2.51. The third-order valence-electron chi connectivity index (χ3n) is 29.4. The van der Waals surface area contributed by atoms with Crippen molar-refractivity contribution in [3.8, 4) is 72.7 Å². The zero-order valence-electron chi connectivity index (χ0n) is 81.5. The maximum absolute atomic E-state index is 6.36. The number of fused-ring (bicyclic) bond motifs is 16. The van der Waals surface area contributed by atoms with Crippen molar-refractivity contribution in [1.29, 1.82) is 0 Å². The van der Waals surface area contributed by atoms with E-state index in [0.29, 0.717) is 0 Å². The Kier molecular flexibility index (Phi) is 22.5. The maximum Gasteiger partial charge on any atom is 0.137 e. The Balaban J connectivity index is 0.000000110. The fourth-order valence-electron chi connectivity index (χ4n) is 22.3. The summed E-state index contributed by atoms with van der Waals surface area (Å²) in [5.41, 5.74) is 34.4. The van der Waals surface area contributed by atoms with Crippen molar-refractivity contribution in [3.05, 3.63) is 582 Å². The number of para-hydroxylation sites is 7. The average molecular weight is 1900 g/mol. The summed E-state index contributed by atoms with van der Waals surface area (Å²) in [5.74, 6) is 0. The van der Waals surface area contributed by atoms with Crippen LogP contribution in [0.25, 0.3) is 203 Å². The molecule has 0 unspecified atom stereocenters. The van der Waals surface area contributed by atoms with Crippen LogP contribution in [0.15, 0.2) is 587 Å². The number of furan rings is 1. The number of aromatic nitrogens is 3. The third kappa shape index (κ3) is 16.4. The lowest BCUT2D eigenvalue weighted by Crippen LogP contribution is -2.11. The minimum Gasteiger partial charge on any atom is -0.456 e. The van der Waals surface area contributed by atoms with Gasteiger partial charge >= 0.3 is 0 Å². The lowest BCUT2D eigenvalue weighted by molar-refractivity contribution is 0.669. The van der Waals surface area contributed by atoms with Gasteiger partial charge in [0.2, 0.25) is 0 Å². The first kappa shape index (κ1) is 88.1. The van der Waals surface area contributed by atoms with Crippen LogP contribution < -0.4 is 14.7 Å². The van der Waals surface area contributed by atoms with Gasteiger partial charge in [0.05, 0.1) is 38.8 Å². The molecule has 0 aliphatic heterocycles. The van der Waals surface area contributed by atoms with Crippen molar-refractivity contribution in [3.63, 3.8) is 0 Å². The standard InChI is InChI=1S/C50H34N2.C46H30N2O.C46H32N2/c1-3-13-35(14-4-1)37-25-29-43(30-26-37)51(44-31-27-38(28-32-44)40-24-23-36-15-7-8-16-39(36)33-40)50-45-20-10-9-17-41(45)34-48-49(50)46-21-11-12-22-47(46)52(48)42-18-5-2-6-19-42;1-3-11-31(12-4-1)32-19-22-36(23-20-32)47(38-25-26-41-40-16-8-10-18-45(40)49-46(41)30-38)37-24-21-33-28-42-39-15-7-9-17-43(39)48(35-13-5-2-6-14-35)44(42)29-34(33)27-37;1-4-12-33(13-5-1)35-20-25-40(26-21-35)47(41-27-22-36(23-28-41)34-14-6-2-7-15-34)42-29-24-37-31-44-43-18-10-11-19-45(43)48(39-16-8-3-9-17-39)46(44)32-38(37)30-42/h1-34H;1-30H;1-32H. The van der Waals surface area contributed by atoms with Crippen LogP contribution in [0.3, 0.4) is 0 Å². The quantitative estimate of drug-likeness (QED) is 0.0911. The first-order chi connectivity index (χ1) is 73.9. The van der Waals surface area contributed by atoms with Gasteiger partial charge in [-0.2, -0.15) is 0 Å². The molecule has 0 saturated carbocycles. The van der Waals surface area contributed by atoms with Gasteiger partial charge in [-0.25, -0.2) is 0 Å². The van der Waals surface area contributed by atoms with E-state index in [-0.39, 0.29) is 0 Å². The molecule has 7 nitrogen and oxygen atoms in total. The van der Waals surface area contributed by atoms with Crippen molar-refractivity contribution in [1.82, 2.24) is 13.7 Å². The fourth-order valence-corrected chi connectivity index (χ4v) is 22.3. The SMILES string of the molecule is c1ccc(-c2ccc(N(c3ccc(-c4ccc5ccccc5c4)cc3)c3c4ccccc4cc4c3c3ccccc3n4-c3ccccc3)cc2)cc1.c1ccc(-c2ccc(N(c3ccc(-c4ccccc4)cc3)c3ccc4cc5c6ccccc6n(-c6ccccc6)c5cc4c3)cc2)cc1.c1ccc(-c2ccc(N(c3ccc4cc5c6ccccc6n(-c6ccccc6)c5cc4c3)c3ccc4c(c3)oc3ccccc34)cc2)cc1. The fraction of sp³-hybridized carbons (Fsp3) is 0. The molecule has 29 rings (SSSR count). The highest BCUT2D eigenvalue weighted by Gasteiger charge is 2.27. The molecule has 4 heterocycles. The third-order valence-corrected chi connectivity index (χ3v) is 29.4. The predicted molar refractivity (Wildman–Crippen MR) is 631 cm³/mol. The van der Waals surface area contributed by atoms with Gasteiger partial charge in [0.15, 0.2) is 0 Å². The molecule has 0 aliphatic rings. The van der Waals surface area contributed by atoms with Crippen LogP contribution in [0.1, 0.15) is 0 Å². The lowest BCUT2D eigenvalue weighted by Gasteiger charge is -2.28. The van der Waals surface area contributed by atoms with Crippen LogP contribution in [0.4, 0.5) is 51.2 Å². The summed E-state index contributed by atoms with van der Waals surface area (Å²) in [6, 6.07) is 210. The van der Waals surface area contributed by atoms with E-state index >= 15 is 0 Å². The molecule has 0 atom stereocenters. The van der Waals surface area contributed by atoms with Crippen LogP contribution in [0.5, 0.6) is 0 Å². The number of hydrogen-bond acceptors (Lipinski definition) is 4. The van der Waals surface area contributed by atoms with Crippen molar-refractivity contribution < 1.29 is 4.42 Å². The summed E-state index contributed by atoms with van der Waals surface area (Å²) in [5, 5.41) is 19.5. The van der Waals surface area contributed by atoms with Crippen molar-refractivity contribution in [2.24, 2.45) is 0 Å². The van der Waals surface area contributed by atoms with Gasteiger partial charge in [-0.05, 0) is 287 Å². The molecule has 4 aromatic heterocycles. The van der Waals surface area contributed by atoms with E-state index in [1.165, 1.54) is 170 Å². The normalized spacial score (nSPS) is 11.5. The van der Waals surface area contributed by atoms with Crippen LogP contribution in [0, 0.1) is 0 Å². The van der Waals surface area contributed by atoms with Crippen LogP contribution >= 0.6 is 0 Å². The van der Waals surface area contributed by atoms with E-state index in [1.54, 1.807) is 0 Å². The highest BCUT2D eigenvalue weighted by molar-refractivity contribution is 6.25. The molecular formula is C142H96N6O. The zero-order chi connectivity index (χ0) is 98.6. The van der Waals surface area contributed by atoms with E-state index in [4.69, 9.17) is 4.42 Å². The van der Waals surface area contributed by atoms with Gasteiger partial charge in [0.1, 0.15) is 11.2 Å². The summed E-state index contributed by atoms with van der Waals surface area (Å²) in [6.45, 7) is 0. The summed E-state index contributed by atoms with van der Waals surface area (Å²) in [6.07, 6.45) is 0. The van der Waals surface area contributed by atoms with Gasteiger partial charge in [-0.1, -0.05) is 382 Å². The van der Waals surface area contributed by atoms with Gasteiger partial charge in [-0.3, -0.25) is 0 Å². The average Bonchev–Trinajstić information content (AvgIpc) is 1.52. The zero-order valence-corrected chi connectivity index (χ0v) is 81.5. The van der Waals surface area contributed by atoms with Crippen molar-refractivity contribution in [2.75, 3.05) is 14.7 Å². The topological polar surface area (TPSA) is 37.6 Å². The Labute approximate surface area is 863 Å². The molecular weight excluding hydrogens is 1810 g/mol. The minimum atomic E-state index is 0.875. The summed E-state index contributed by atoms with van der Waals surface area (Å²) in [7, 11) is 0. The largest absolute Gasteiger partial charge is 0.456 e. The highest BCUT2D eigenvalue weighted by atomic mass is 16.3. The van der Waals surface area contributed by atoms with E-state index in [2.05, 4.69) is 599 Å². The van der Waals surface area contributed by atoms with E-state index in [9.17, 15) is 0 Å². The maximum atomic E-state index is 6.36. The second kappa shape index (κ2) is 38.1. The summed E-state index contributed by atoms with van der Waals surface area (Å²) < 4.78 is 13.6. The van der Waals surface area contributed by atoms with Crippen LogP contribution in [0.2, 0.25) is 0 Å². The van der Waals surface area contributed by atoms with Gasteiger partial charge < -0.3 is 32.8 Å². The van der Waals surface area contributed by atoms with Gasteiger partial charge in [0, 0.05) is 117 Å². The Hall–Kier alpha value is -19.9. The van der Waals surface area contributed by atoms with Crippen LogP contribution in [-0.4, -0.2) is 13.7 Å². The Morgan fingerprint density at radius 2 is 0.416 bits per heavy atom. The van der Waals surface area contributed by atoms with Gasteiger partial charge in [-0.15, -0.1) is 0 Å². The molecule has 0 bridgehead atoms. The Morgan fingerprint density at radius 1 is 0.134 bits per heavy atom. The van der Waals surface area contributed by atoms with Crippen molar-refractivity contribution in [2.45, 2.75) is 0 Å². The second-order valence-electron chi connectivity index (χ2n) is 38.3. The predicted octanol–water partition coefficient (Wildman–Crippen LogP) is 39.6. The first-order valence-corrected chi connectivity index (χ1v) is 51.0. The van der Waals surface area contributed by atoms with E-state index in [1.807, 2.05) is 12.1 Å². The molecule has 0 fully saturated rings. The minimum absolute atomic E-state index is 0.875. The van der Waals surface area contributed by atoms with Crippen molar-refractivity contribution >= 4 is 182 Å². The molecule has 149 heavy (non-hydrogen) atoms. The Morgan fingerprint density at radius 3 is 0.859 bits per heavy atom. The van der Waals surface area contributed by atoms with E-state index < -0.39 is 0 Å². The van der Waals surface area contributed by atoms with E-state index in [0.717, 1.165) is 84.5 Å². The number of benzene rings is 25. The first-order valence-electron chi connectivity index (χ1n) is 51.0. The lowest BCUT2D eigenvalue weighted by atomic mass is 9.99. The number of hydrogen-bond donors (Lipinski definition) is 0. The number of anilines is 9. The molecule has 0 spiro atoms. The Bertz CT molecular complexity index is 9950. The molecule has 7 heteroatoms. The molecule has 0 N–H and O–H groups in total. The molecule has 29 aromatic rings. The number of nitrogens with zero attached hydrogens (tertiary/aromatic N) is 6. The second-order valence-corrected chi connectivity index (χ2v) is 38.3. The molecule has 0 aliphatic carbocycles. The van der Waals surface area contributed by atoms with Gasteiger partial charge in [0.25, 0.3) is 0 Å².